The number of hydrogen-bond acceptors (Lipinski definition) is 5. The maximum Gasteiger partial charge on any atom is 0.207 e. The van der Waals surface area contributed by atoms with Crippen LogP contribution >= 0.6 is 11.3 Å². The van der Waals surface area contributed by atoms with Gasteiger partial charge in [0.15, 0.2) is 5.13 Å². The molecule has 0 spiro atoms. The van der Waals surface area contributed by atoms with Crippen LogP contribution in [0.4, 0.5) is 10.8 Å². The maximum atomic E-state index is 10.3. The summed E-state index contributed by atoms with van der Waals surface area (Å²) in [5.41, 5.74) is 2.06. The molecule has 1 saturated carbocycles. The number of pyridine rings is 1. The van der Waals surface area contributed by atoms with Crippen molar-refractivity contribution < 1.29 is 4.79 Å². The molecule has 3 rings (SSSR count). The van der Waals surface area contributed by atoms with E-state index in [4.69, 9.17) is 0 Å². The first-order valence-electron chi connectivity index (χ1n) is 9.07. The van der Waals surface area contributed by atoms with Crippen molar-refractivity contribution in [2.75, 3.05) is 5.32 Å². The molecule has 1 amide bonds. The fourth-order valence-electron chi connectivity index (χ4n) is 3.26. The summed E-state index contributed by atoms with van der Waals surface area (Å²) < 4.78 is 0. The molecule has 6 heteroatoms. The van der Waals surface area contributed by atoms with Gasteiger partial charge in [0.1, 0.15) is 0 Å². The Morgan fingerprint density at radius 1 is 1.38 bits per heavy atom. The highest BCUT2D eigenvalue weighted by Gasteiger charge is 2.27. The van der Waals surface area contributed by atoms with Gasteiger partial charge in [-0.1, -0.05) is 25.8 Å². The van der Waals surface area contributed by atoms with E-state index in [1.807, 2.05) is 30.5 Å². The third kappa shape index (κ3) is 6.26. The standard InChI is InChI=1S/C11H19NO.C9H9N3S/c1-3-9-5-6-10(7-9)11(4-2)12-8-13;1-7-6-13-9(11-7)12-8-2-4-10-5-3-8/h4,8-11H,2-3,5-7H2,1H3,(H,12,13);2-6H,1H3,(H,10,11,12). The average molecular weight is 373 g/mol. The number of anilines is 2. The smallest absolute Gasteiger partial charge is 0.207 e. The number of nitrogens with zero attached hydrogens (tertiary/aromatic N) is 2. The minimum atomic E-state index is 0.189. The number of thiazole rings is 1. The van der Waals surface area contributed by atoms with Crippen LogP contribution in [0.15, 0.2) is 42.6 Å². The molecule has 2 aromatic heterocycles. The van der Waals surface area contributed by atoms with E-state index in [2.05, 4.69) is 34.1 Å². The van der Waals surface area contributed by atoms with E-state index in [1.165, 1.54) is 25.7 Å². The number of nitrogens with one attached hydrogen (secondary N) is 2. The number of aromatic nitrogens is 2. The fraction of sp³-hybridized carbons (Fsp3) is 0.450. The van der Waals surface area contributed by atoms with Crippen molar-refractivity contribution >= 4 is 28.6 Å². The molecular formula is C20H28N4OS. The summed E-state index contributed by atoms with van der Waals surface area (Å²) >= 11 is 1.60. The molecule has 140 valence electrons. The Hall–Kier alpha value is -2.21. The van der Waals surface area contributed by atoms with Crippen molar-refractivity contribution in [3.8, 4) is 0 Å². The summed E-state index contributed by atoms with van der Waals surface area (Å²) in [5.74, 6) is 1.48. The number of hydrogen-bond donors (Lipinski definition) is 2. The number of amides is 1. The van der Waals surface area contributed by atoms with Crippen LogP contribution in [0.1, 0.15) is 38.3 Å². The van der Waals surface area contributed by atoms with Crippen LogP contribution in [-0.4, -0.2) is 22.4 Å². The van der Waals surface area contributed by atoms with Crippen molar-refractivity contribution in [3.05, 3.63) is 48.3 Å². The van der Waals surface area contributed by atoms with Gasteiger partial charge < -0.3 is 10.6 Å². The predicted molar refractivity (Wildman–Crippen MR) is 109 cm³/mol. The number of carbonyl (C=O) groups excluding carboxylic acids is 1. The van der Waals surface area contributed by atoms with Gasteiger partial charge in [-0.3, -0.25) is 9.78 Å². The van der Waals surface area contributed by atoms with E-state index in [1.54, 1.807) is 23.7 Å². The molecule has 0 bridgehead atoms. The van der Waals surface area contributed by atoms with Crippen LogP contribution < -0.4 is 10.6 Å². The largest absolute Gasteiger partial charge is 0.352 e. The monoisotopic (exact) mass is 372 g/mol. The van der Waals surface area contributed by atoms with E-state index in [-0.39, 0.29) is 6.04 Å². The average Bonchev–Trinajstić information content (AvgIpc) is 3.30. The van der Waals surface area contributed by atoms with Crippen molar-refractivity contribution in [1.29, 1.82) is 0 Å². The number of aryl methyl sites for hydroxylation is 1. The van der Waals surface area contributed by atoms with Gasteiger partial charge in [-0.2, -0.15) is 0 Å². The van der Waals surface area contributed by atoms with E-state index in [0.717, 1.165) is 28.8 Å². The van der Waals surface area contributed by atoms with Crippen molar-refractivity contribution in [2.45, 2.75) is 45.6 Å². The molecule has 2 aromatic rings. The molecule has 1 aliphatic carbocycles. The topological polar surface area (TPSA) is 66.9 Å². The van der Waals surface area contributed by atoms with Crippen LogP contribution in [0, 0.1) is 18.8 Å². The molecule has 3 atom stereocenters. The molecule has 0 aliphatic heterocycles. The summed E-state index contributed by atoms with van der Waals surface area (Å²) in [6.45, 7) is 7.97. The quantitative estimate of drug-likeness (QED) is 0.546. The highest BCUT2D eigenvalue weighted by atomic mass is 32.1. The second-order valence-corrected chi connectivity index (χ2v) is 7.41. The van der Waals surface area contributed by atoms with Crippen LogP contribution in [0.2, 0.25) is 0 Å². The lowest BCUT2D eigenvalue weighted by Crippen LogP contribution is -2.32. The van der Waals surface area contributed by atoms with Crippen LogP contribution in [-0.2, 0) is 4.79 Å². The molecule has 26 heavy (non-hydrogen) atoms. The Kier molecular flexibility index (Phi) is 8.28. The molecular weight excluding hydrogens is 344 g/mol. The summed E-state index contributed by atoms with van der Waals surface area (Å²) in [6.07, 6.45) is 11.2. The normalized spacial score (nSPS) is 19.8. The van der Waals surface area contributed by atoms with Crippen LogP contribution in [0.25, 0.3) is 0 Å². The first-order valence-corrected chi connectivity index (χ1v) is 9.95. The van der Waals surface area contributed by atoms with Crippen molar-refractivity contribution in [1.82, 2.24) is 15.3 Å². The lowest BCUT2D eigenvalue weighted by molar-refractivity contribution is -0.110. The zero-order valence-corrected chi connectivity index (χ0v) is 16.3. The van der Waals surface area contributed by atoms with Crippen molar-refractivity contribution in [2.24, 2.45) is 11.8 Å². The lowest BCUT2D eigenvalue weighted by Gasteiger charge is -2.19. The van der Waals surface area contributed by atoms with Gasteiger partial charge in [0.05, 0.1) is 5.69 Å². The highest BCUT2D eigenvalue weighted by molar-refractivity contribution is 7.13. The van der Waals surface area contributed by atoms with Gasteiger partial charge in [0.25, 0.3) is 0 Å². The van der Waals surface area contributed by atoms with E-state index >= 15 is 0 Å². The third-order valence-electron chi connectivity index (χ3n) is 4.73. The maximum absolute atomic E-state index is 10.3. The number of carbonyl (C=O) groups is 1. The van der Waals surface area contributed by atoms with Gasteiger partial charge in [0, 0.05) is 29.5 Å². The van der Waals surface area contributed by atoms with Gasteiger partial charge in [0.2, 0.25) is 6.41 Å². The SMILES string of the molecule is C=CC(NC=O)C1CCC(CC)C1.Cc1csc(Nc2ccncc2)n1. The summed E-state index contributed by atoms with van der Waals surface area (Å²) in [5, 5.41) is 8.95. The van der Waals surface area contributed by atoms with Gasteiger partial charge in [-0.05, 0) is 43.7 Å². The first-order chi connectivity index (χ1) is 12.7. The molecule has 0 aromatic carbocycles. The lowest BCUT2D eigenvalue weighted by atomic mass is 9.96. The molecule has 0 saturated heterocycles. The Labute approximate surface area is 160 Å². The van der Waals surface area contributed by atoms with Gasteiger partial charge >= 0.3 is 0 Å². The Balaban J connectivity index is 0.000000187. The van der Waals surface area contributed by atoms with E-state index in [0.29, 0.717) is 5.92 Å². The second-order valence-electron chi connectivity index (χ2n) is 6.55. The Bertz CT molecular complexity index is 673. The number of rotatable bonds is 7. The first kappa shape index (κ1) is 20.1. The zero-order valence-electron chi connectivity index (χ0n) is 15.5. The summed E-state index contributed by atoms with van der Waals surface area (Å²) in [6, 6.07) is 4.02. The highest BCUT2D eigenvalue weighted by Crippen LogP contribution is 2.34. The third-order valence-corrected chi connectivity index (χ3v) is 5.61. The Morgan fingerprint density at radius 2 is 2.15 bits per heavy atom. The Morgan fingerprint density at radius 3 is 2.69 bits per heavy atom. The minimum Gasteiger partial charge on any atom is -0.352 e. The van der Waals surface area contributed by atoms with E-state index < -0.39 is 0 Å². The predicted octanol–water partition coefficient (Wildman–Crippen LogP) is 4.70. The summed E-state index contributed by atoms with van der Waals surface area (Å²) in [7, 11) is 0. The molecule has 1 fully saturated rings. The van der Waals surface area contributed by atoms with Crippen LogP contribution in [0.5, 0.6) is 0 Å². The molecule has 1 aliphatic rings. The molecule has 5 nitrogen and oxygen atoms in total. The molecule has 3 unspecified atom stereocenters. The minimum absolute atomic E-state index is 0.189. The van der Waals surface area contributed by atoms with Crippen molar-refractivity contribution in [3.63, 3.8) is 0 Å². The zero-order chi connectivity index (χ0) is 18.8. The van der Waals surface area contributed by atoms with Crippen LogP contribution in [0.3, 0.4) is 0 Å². The molecule has 2 N–H and O–H groups in total. The van der Waals surface area contributed by atoms with Gasteiger partial charge in [-0.25, -0.2) is 4.98 Å². The molecule has 0 radical (unpaired) electrons. The molecule has 2 heterocycles. The van der Waals surface area contributed by atoms with Gasteiger partial charge in [-0.15, -0.1) is 17.9 Å². The summed E-state index contributed by atoms with van der Waals surface area (Å²) in [4.78, 5) is 18.6. The van der Waals surface area contributed by atoms with E-state index in [9.17, 15) is 4.79 Å². The fourth-order valence-corrected chi connectivity index (χ4v) is 3.96. The second kappa shape index (κ2) is 10.7.